The van der Waals surface area contributed by atoms with E-state index in [0.29, 0.717) is 12.0 Å². The van der Waals surface area contributed by atoms with Gasteiger partial charge in [0.1, 0.15) is 0 Å². The summed E-state index contributed by atoms with van der Waals surface area (Å²) in [7, 11) is 2.97. The van der Waals surface area contributed by atoms with Gasteiger partial charge in [0.25, 0.3) is 0 Å². The third-order valence-corrected chi connectivity index (χ3v) is 11.1. The smallest absolute Gasteiger partial charge is 0.335 e. The number of benzene rings is 3. The normalized spacial score (nSPS) is 9.90. The number of unbranched alkanes of at least 4 members (excludes halogenated alkanes) is 12. The van der Waals surface area contributed by atoms with E-state index in [1.54, 1.807) is 66.7 Å². The molecule has 0 heterocycles. The Kier molecular flexibility index (Phi) is 29.7. The van der Waals surface area contributed by atoms with Crippen LogP contribution in [0.1, 0.15) is 154 Å². The van der Waals surface area contributed by atoms with E-state index < -0.39 is 23.9 Å². The highest BCUT2D eigenvalue weighted by molar-refractivity contribution is 9.10. The molecular weight excluding hydrogens is 841 g/mol. The van der Waals surface area contributed by atoms with Gasteiger partial charge < -0.3 is 20.4 Å². The van der Waals surface area contributed by atoms with Crippen molar-refractivity contribution in [2.75, 3.05) is 0 Å². The van der Waals surface area contributed by atoms with Crippen LogP contribution in [0.5, 0.6) is 0 Å². The fourth-order valence-electron chi connectivity index (χ4n) is 5.01. The van der Waals surface area contributed by atoms with E-state index in [4.69, 9.17) is 20.4 Å². The van der Waals surface area contributed by atoms with Crippen LogP contribution in [0.2, 0.25) is 0 Å². The Morgan fingerprint density at radius 3 is 1.38 bits per heavy atom. The molecule has 3 aromatic carbocycles. The molecule has 9 nitrogen and oxygen atoms in total. The van der Waals surface area contributed by atoms with Crippen molar-refractivity contribution in [3.63, 3.8) is 0 Å². The van der Waals surface area contributed by atoms with Crippen LogP contribution in [0.4, 0.5) is 0 Å². The summed E-state index contributed by atoms with van der Waals surface area (Å²) in [5.41, 5.74) is 1.13. The van der Waals surface area contributed by atoms with Crippen LogP contribution >= 0.6 is 37.5 Å². The Bertz CT molecular complexity index is 1750. The number of rotatable bonds is 24. The molecule has 0 radical (unpaired) electrons. The predicted molar refractivity (Wildman–Crippen MR) is 237 cm³/mol. The molecule has 0 fully saturated rings. The van der Waals surface area contributed by atoms with Gasteiger partial charge in [0.15, 0.2) is 5.78 Å². The first kappa shape index (κ1) is 51.5. The molecular formula is C46H55BrO9S2. The molecule has 312 valence electrons. The van der Waals surface area contributed by atoms with Crippen LogP contribution in [-0.2, 0) is 9.59 Å². The molecule has 0 unspecified atom stereocenters. The highest BCUT2D eigenvalue weighted by atomic mass is 79.9. The summed E-state index contributed by atoms with van der Waals surface area (Å²) in [5, 5.41) is 34.5. The number of carbonyl (C=O) groups is 5. The fraction of sp³-hybridized carbons (Fsp3) is 0.413. The fourth-order valence-corrected chi connectivity index (χ4v) is 7.34. The number of hydrogen-bond acceptors (Lipinski definition) is 7. The molecule has 0 spiro atoms. The first-order valence-corrected chi connectivity index (χ1v) is 22.6. The quantitative estimate of drug-likeness (QED) is 0.0292. The summed E-state index contributed by atoms with van der Waals surface area (Å²) in [6.45, 7) is 2.25. The first-order valence-electron chi connectivity index (χ1n) is 19.6. The lowest BCUT2D eigenvalue weighted by Crippen LogP contribution is -2.01. The number of Topliss-reactive ketones (excluding diaryl/α,β-unsaturated/α-hetero) is 1. The minimum absolute atomic E-state index is 0.0162. The maximum atomic E-state index is 11.6. The summed E-state index contributed by atoms with van der Waals surface area (Å²) in [5.74, 6) is 8.58. The van der Waals surface area contributed by atoms with E-state index in [0.717, 1.165) is 52.8 Å². The topological polar surface area (TPSA) is 166 Å². The molecule has 0 aliphatic rings. The zero-order chi connectivity index (χ0) is 42.8. The zero-order valence-electron chi connectivity index (χ0n) is 33.2. The van der Waals surface area contributed by atoms with Crippen molar-refractivity contribution in [3.05, 3.63) is 94.0 Å². The lowest BCUT2D eigenvalue weighted by atomic mass is 10.1. The molecule has 3 rings (SSSR count). The Balaban J connectivity index is 0.000000444. The highest BCUT2D eigenvalue weighted by Gasteiger charge is 2.08. The van der Waals surface area contributed by atoms with E-state index in [2.05, 4.69) is 46.5 Å². The number of aromatic carboxylic acids is 2. The van der Waals surface area contributed by atoms with Gasteiger partial charge in [0, 0.05) is 51.9 Å². The van der Waals surface area contributed by atoms with Gasteiger partial charge in [-0.1, -0.05) is 126 Å². The number of hydrogen-bond donors (Lipinski definition) is 4. The molecule has 3 aromatic rings. The van der Waals surface area contributed by atoms with Crippen molar-refractivity contribution >= 4 is 67.2 Å². The van der Waals surface area contributed by atoms with Crippen LogP contribution in [0.25, 0.3) is 0 Å². The summed E-state index contributed by atoms with van der Waals surface area (Å²) < 4.78 is 0.853. The van der Waals surface area contributed by atoms with E-state index in [9.17, 15) is 24.0 Å². The monoisotopic (exact) mass is 894 g/mol. The minimum Gasteiger partial charge on any atom is -0.481 e. The number of aliphatic carboxylic acids is 2. The average Bonchev–Trinajstić information content (AvgIpc) is 3.20. The lowest BCUT2D eigenvalue weighted by Gasteiger charge is -2.02. The molecule has 0 saturated heterocycles. The number of ketones is 1. The summed E-state index contributed by atoms with van der Waals surface area (Å²) in [6.07, 6.45) is 17.4. The standard InChI is InChI=1S/C21H34O2.C14H10O4S2.C11H11BrO3/c1-2-3-4-5-6-7-8-9-10-11-12-13-14-15-16-17-18-19-20-21(22)23;15-13(16)9-1-5-11(6-2-9)19-20-12-7-3-10(4-8-12)14(17)18;12-9-4-1-3-8(7-9)10(13)5-2-6-11(14)15/h2-10,15-20H2,1H3,(H,22,23);1-8H,(H,15,16)(H,17,18);1,3-4,7H,2,5-6H2,(H,14,15). The molecule has 4 N–H and O–H groups in total. The number of carboxylic acids is 4. The van der Waals surface area contributed by atoms with Gasteiger partial charge in [0.2, 0.25) is 0 Å². The number of carbonyl (C=O) groups excluding carboxylic acids is 1. The Morgan fingerprint density at radius 1 is 0.517 bits per heavy atom. The maximum absolute atomic E-state index is 11.6. The van der Waals surface area contributed by atoms with Gasteiger partial charge in [-0.25, -0.2) is 9.59 Å². The lowest BCUT2D eigenvalue weighted by molar-refractivity contribution is -0.138. The second-order valence-electron chi connectivity index (χ2n) is 13.1. The Morgan fingerprint density at radius 2 is 0.948 bits per heavy atom. The van der Waals surface area contributed by atoms with E-state index >= 15 is 0 Å². The van der Waals surface area contributed by atoms with Crippen LogP contribution in [-0.4, -0.2) is 50.1 Å². The van der Waals surface area contributed by atoms with Crippen molar-refractivity contribution in [2.45, 2.75) is 132 Å². The molecule has 0 saturated carbocycles. The summed E-state index contributed by atoms with van der Waals surface area (Å²) in [6, 6.07) is 20.3. The minimum atomic E-state index is -0.946. The third-order valence-electron chi connectivity index (χ3n) is 8.21. The van der Waals surface area contributed by atoms with Crippen LogP contribution in [0.3, 0.4) is 0 Å². The largest absolute Gasteiger partial charge is 0.481 e. The molecule has 0 atom stereocenters. The van der Waals surface area contributed by atoms with Crippen LogP contribution in [0.15, 0.2) is 87.1 Å². The zero-order valence-corrected chi connectivity index (χ0v) is 36.4. The van der Waals surface area contributed by atoms with Crippen molar-refractivity contribution in [3.8, 4) is 23.7 Å². The average molecular weight is 896 g/mol. The maximum Gasteiger partial charge on any atom is 0.335 e. The van der Waals surface area contributed by atoms with Crippen LogP contribution in [0, 0.1) is 23.7 Å². The Hall–Kier alpha value is -4.49. The molecule has 0 aliphatic heterocycles. The molecule has 58 heavy (non-hydrogen) atoms. The van der Waals surface area contributed by atoms with Gasteiger partial charge in [0.05, 0.1) is 11.1 Å². The van der Waals surface area contributed by atoms with E-state index in [-0.39, 0.29) is 36.2 Å². The molecule has 12 heteroatoms. The molecule has 0 aromatic heterocycles. The van der Waals surface area contributed by atoms with Gasteiger partial charge in [-0.15, -0.1) is 0 Å². The molecule has 0 amide bonds. The van der Waals surface area contributed by atoms with Crippen molar-refractivity contribution in [1.29, 1.82) is 0 Å². The predicted octanol–water partition coefficient (Wildman–Crippen LogP) is 12.7. The van der Waals surface area contributed by atoms with Gasteiger partial charge >= 0.3 is 23.9 Å². The molecule has 0 aliphatic carbocycles. The van der Waals surface area contributed by atoms with E-state index in [1.165, 1.54) is 73.0 Å². The number of carboxylic acid groups (broad SMARTS) is 4. The number of halogens is 1. The third kappa shape index (κ3) is 28.0. The SMILES string of the molecule is CCCCCCCCCCC#CC#CCCCCCCC(=O)O.O=C(O)CCCC(=O)c1cccc(Br)c1.O=C(O)c1ccc(SSc2ccc(C(=O)O)cc2)cc1. The van der Waals surface area contributed by atoms with Crippen LogP contribution < -0.4 is 0 Å². The van der Waals surface area contributed by atoms with Gasteiger partial charge in [-0.05, 0) is 98.2 Å². The van der Waals surface area contributed by atoms with Gasteiger partial charge in [-0.3, -0.25) is 14.4 Å². The second-order valence-corrected chi connectivity index (χ2v) is 16.3. The Labute approximate surface area is 359 Å². The molecule has 0 bridgehead atoms. The second kappa shape index (κ2) is 33.5. The summed E-state index contributed by atoms with van der Waals surface area (Å²) in [4.78, 5) is 55.5. The van der Waals surface area contributed by atoms with Crippen molar-refractivity contribution < 1.29 is 44.4 Å². The van der Waals surface area contributed by atoms with Crippen molar-refractivity contribution in [1.82, 2.24) is 0 Å². The summed E-state index contributed by atoms with van der Waals surface area (Å²) >= 11 is 3.28. The van der Waals surface area contributed by atoms with E-state index in [1.807, 2.05) is 6.07 Å². The van der Waals surface area contributed by atoms with Gasteiger partial charge in [-0.2, -0.15) is 0 Å². The highest BCUT2D eigenvalue weighted by Crippen LogP contribution is 2.37. The first-order chi connectivity index (χ1) is 27.9. The van der Waals surface area contributed by atoms with Crippen molar-refractivity contribution in [2.24, 2.45) is 0 Å².